The van der Waals surface area contributed by atoms with E-state index in [-0.39, 0.29) is 34.0 Å². The van der Waals surface area contributed by atoms with Crippen LogP contribution in [0.3, 0.4) is 0 Å². The lowest BCUT2D eigenvalue weighted by Crippen LogP contribution is -2.49. The standard InChI is InChI=1S/C21H24N2O6S/c1-13(2)28-17-10-11-19-18(12-17)22(5)21(25)23(30(19,26)27)16-8-6-15(7-9-16)20(24)29-14(3)4/h6-14H,1-5H3. The van der Waals surface area contributed by atoms with Gasteiger partial charge in [0.05, 0.1) is 29.1 Å². The molecule has 0 aromatic heterocycles. The quantitative estimate of drug-likeness (QED) is 0.667. The molecule has 1 aliphatic heterocycles. The molecular weight excluding hydrogens is 408 g/mol. The van der Waals surface area contributed by atoms with Gasteiger partial charge < -0.3 is 9.47 Å². The van der Waals surface area contributed by atoms with Gasteiger partial charge in [-0.25, -0.2) is 18.0 Å². The average Bonchev–Trinajstić information content (AvgIpc) is 2.65. The molecule has 1 aliphatic rings. The maximum atomic E-state index is 13.2. The minimum absolute atomic E-state index is 0.0102. The molecule has 0 radical (unpaired) electrons. The maximum Gasteiger partial charge on any atom is 0.342 e. The Hall–Kier alpha value is -3.07. The summed E-state index contributed by atoms with van der Waals surface area (Å²) in [6.07, 6.45) is -0.377. The van der Waals surface area contributed by atoms with E-state index in [1.807, 2.05) is 13.8 Å². The van der Waals surface area contributed by atoms with Crippen molar-refractivity contribution in [3.05, 3.63) is 48.0 Å². The molecular formula is C21H24N2O6S. The topological polar surface area (TPSA) is 93.2 Å². The molecule has 2 aromatic carbocycles. The van der Waals surface area contributed by atoms with Crippen molar-refractivity contribution in [2.45, 2.75) is 44.8 Å². The second-order valence-electron chi connectivity index (χ2n) is 7.41. The molecule has 0 aliphatic carbocycles. The predicted octanol–water partition coefficient (Wildman–Crippen LogP) is 3.80. The molecule has 0 saturated heterocycles. The summed E-state index contributed by atoms with van der Waals surface area (Å²) >= 11 is 0. The molecule has 8 nitrogen and oxygen atoms in total. The highest BCUT2D eigenvalue weighted by atomic mass is 32.2. The number of benzene rings is 2. The Bertz CT molecular complexity index is 1080. The minimum atomic E-state index is -4.14. The second-order valence-corrected chi connectivity index (χ2v) is 9.16. The molecule has 1 heterocycles. The molecule has 0 atom stereocenters. The van der Waals surface area contributed by atoms with Crippen LogP contribution in [0, 0.1) is 0 Å². The van der Waals surface area contributed by atoms with Crippen LogP contribution in [0.5, 0.6) is 5.75 Å². The van der Waals surface area contributed by atoms with E-state index in [9.17, 15) is 18.0 Å². The van der Waals surface area contributed by atoms with Crippen LogP contribution in [0.2, 0.25) is 0 Å². The first kappa shape index (κ1) is 21.6. The van der Waals surface area contributed by atoms with E-state index in [0.29, 0.717) is 5.75 Å². The summed E-state index contributed by atoms with van der Waals surface area (Å²) in [5, 5.41) is 0. The largest absolute Gasteiger partial charge is 0.491 e. The fraction of sp³-hybridized carbons (Fsp3) is 0.333. The van der Waals surface area contributed by atoms with Gasteiger partial charge in [-0.15, -0.1) is 0 Å². The molecule has 2 amide bonds. The van der Waals surface area contributed by atoms with Crippen molar-refractivity contribution >= 4 is 33.4 Å². The number of ether oxygens (including phenoxy) is 2. The molecule has 9 heteroatoms. The zero-order valence-electron chi connectivity index (χ0n) is 17.4. The Morgan fingerprint density at radius 2 is 1.60 bits per heavy atom. The van der Waals surface area contributed by atoms with Gasteiger partial charge in [0.1, 0.15) is 10.6 Å². The molecule has 0 saturated carbocycles. The number of urea groups is 1. The highest BCUT2D eigenvalue weighted by molar-refractivity contribution is 7.94. The van der Waals surface area contributed by atoms with Crippen LogP contribution in [0.25, 0.3) is 0 Å². The van der Waals surface area contributed by atoms with Crippen LogP contribution in [-0.2, 0) is 14.8 Å². The third-order valence-electron chi connectivity index (χ3n) is 4.32. The third-order valence-corrected chi connectivity index (χ3v) is 6.07. The van der Waals surface area contributed by atoms with Crippen LogP contribution in [0.4, 0.5) is 16.2 Å². The normalized spacial score (nSPS) is 15.4. The lowest BCUT2D eigenvalue weighted by molar-refractivity contribution is 0.0378. The second kappa shape index (κ2) is 7.98. The first-order chi connectivity index (χ1) is 14.0. The van der Waals surface area contributed by atoms with Gasteiger partial charge in [-0.05, 0) is 64.1 Å². The van der Waals surface area contributed by atoms with Crippen LogP contribution in [0.1, 0.15) is 38.1 Å². The number of fused-ring (bicyclic) bond motifs is 1. The molecule has 0 unspecified atom stereocenters. The smallest absolute Gasteiger partial charge is 0.342 e. The Morgan fingerprint density at radius 1 is 0.967 bits per heavy atom. The van der Waals surface area contributed by atoms with Crippen LogP contribution in [0.15, 0.2) is 47.4 Å². The highest BCUT2D eigenvalue weighted by Gasteiger charge is 2.41. The zero-order chi connectivity index (χ0) is 22.2. The molecule has 30 heavy (non-hydrogen) atoms. The SMILES string of the molecule is CC(C)OC(=O)c1ccc(N2C(=O)N(C)c3cc(OC(C)C)ccc3S2(=O)=O)cc1. The van der Waals surface area contributed by atoms with Gasteiger partial charge in [0.2, 0.25) is 0 Å². The third kappa shape index (κ3) is 3.97. The molecule has 0 fully saturated rings. The van der Waals surface area contributed by atoms with Crippen molar-refractivity contribution in [1.82, 2.24) is 0 Å². The number of hydrogen-bond acceptors (Lipinski definition) is 6. The first-order valence-electron chi connectivity index (χ1n) is 9.47. The number of carbonyl (C=O) groups is 2. The number of hydrogen-bond donors (Lipinski definition) is 0. The van der Waals surface area contributed by atoms with E-state index in [1.165, 1.54) is 48.3 Å². The van der Waals surface area contributed by atoms with Crippen molar-refractivity contribution < 1.29 is 27.5 Å². The Balaban J connectivity index is 2.00. The van der Waals surface area contributed by atoms with Crippen LogP contribution >= 0.6 is 0 Å². The summed E-state index contributed by atoms with van der Waals surface area (Å²) in [6.45, 7) is 7.17. The van der Waals surface area contributed by atoms with E-state index in [0.717, 1.165) is 4.31 Å². The molecule has 0 spiro atoms. The van der Waals surface area contributed by atoms with E-state index in [4.69, 9.17) is 9.47 Å². The predicted molar refractivity (Wildman–Crippen MR) is 113 cm³/mol. The van der Waals surface area contributed by atoms with Crippen molar-refractivity contribution in [2.75, 3.05) is 16.3 Å². The minimum Gasteiger partial charge on any atom is -0.491 e. The molecule has 2 aromatic rings. The number of sulfonamides is 1. The fourth-order valence-electron chi connectivity index (χ4n) is 3.03. The van der Waals surface area contributed by atoms with Crippen LogP contribution in [-0.4, -0.2) is 39.7 Å². The average molecular weight is 432 g/mol. The number of nitrogens with zero attached hydrogens (tertiary/aromatic N) is 2. The Kier molecular flexibility index (Phi) is 5.76. The van der Waals surface area contributed by atoms with E-state index in [1.54, 1.807) is 19.9 Å². The number of amides is 2. The summed E-state index contributed by atoms with van der Waals surface area (Å²) < 4.78 is 37.9. The van der Waals surface area contributed by atoms with E-state index in [2.05, 4.69) is 0 Å². The van der Waals surface area contributed by atoms with E-state index < -0.39 is 22.0 Å². The highest BCUT2D eigenvalue weighted by Crippen LogP contribution is 2.38. The number of rotatable bonds is 5. The van der Waals surface area contributed by atoms with Gasteiger partial charge in [0.25, 0.3) is 10.0 Å². The maximum absolute atomic E-state index is 13.2. The molecule has 160 valence electrons. The Morgan fingerprint density at radius 3 is 2.17 bits per heavy atom. The van der Waals surface area contributed by atoms with Gasteiger partial charge in [-0.3, -0.25) is 4.90 Å². The Labute approximate surface area is 176 Å². The van der Waals surface area contributed by atoms with E-state index >= 15 is 0 Å². The number of esters is 1. The van der Waals surface area contributed by atoms with Crippen molar-refractivity contribution in [3.63, 3.8) is 0 Å². The molecule has 0 N–H and O–H groups in total. The summed E-state index contributed by atoms with van der Waals surface area (Å²) in [7, 11) is -2.65. The fourth-order valence-corrected chi connectivity index (χ4v) is 4.65. The monoisotopic (exact) mass is 432 g/mol. The summed E-state index contributed by atoms with van der Waals surface area (Å²) in [5.74, 6) is -0.0513. The van der Waals surface area contributed by atoms with Crippen LogP contribution < -0.4 is 13.9 Å². The summed E-state index contributed by atoms with van der Waals surface area (Å²) in [5.41, 5.74) is 0.631. The van der Waals surface area contributed by atoms with Gasteiger partial charge in [0.15, 0.2) is 0 Å². The van der Waals surface area contributed by atoms with Crippen molar-refractivity contribution in [2.24, 2.45) is 0 Å². The van der Waals surface area contributed by atoms with Gasteiger partial charge in [0, 0.05) is 13.1 Å². The van der Waals surface area contributed by atoms with Crippen molar-refractivity contribution in [3.8, 4) is 5.75 Å². The molecule has 3 rings (SSSR count). The van der Waals surface area contributed by atoms with Gasteiger partial charge >= 0.3 is 12.0 Å². The number of carbonyl (C=O) groups excluding carboxylic acids is 2. The lowest BCUT2D eigenvalue weighted by atomic mass is 10.2. The lowest BCUT2D eigenvalue weighted by Gasteiger charge is -2.34. The van der Waals surface area contributed by atoms with Gasteiger partial charge in [-0.1, -0.05) is 0 Å². The summed E-state index contributed by atoms with van der Waals surface area (Å²) in [6, 6.07) is 9.45. The van der Waals surface area contributed by atoms with Crippen molar-refractivity contribution in [1.29, 1.82) is 0 Å². The zero-order valence-corrected chi connectivity index (χ0v) is 18.3. The molecule has 0 bridgehead atoms. The van der Waals surface area contributed by atoms with Gasteiger partial charge in [-0.2, -0.15) is 4.31 Å². The summed E-state index contributed by atoms with van der Waals surface area (Å²) in [4.78, 5) is 26.2. The first-order valence-corrected chi connectivity index (χ1v) is 10.9. The number of anilines is 2.